The molecule has 5 heteroatoms. The molecule has 0 saturated carbocycles. The van der Waals surface area contributed by atoms with Crippen molar-refractivity contribution in [2.45, 2.75) is 58.8 Å². The predicted molar refractivity (Wildman–Crippen MR) is 93.9 cm³/mol. The third kappa shape index (κ3) is 7.38. The lowest BCUT2D eigenvalue weighted by molar-refractivity contribution is 0.0515. The lowest BCUT2D eigenvalue weighted by atomic mass is 10.1. The Hall–Kier alpha value is -2.19. The summed E-state index contributed by atoms with van der Waals surface area (Å²) in [5.74, 6) is 6.67. The van der Waals surface area contributed by atoms with Crippen LogP contribution in [-0.4, -0.2) is 35.6 Å². The summed E-state index contributed by atoms with van der Waals surface area (Å²) in [6, 6.07) is 7.04. The van der Waals surface area contributed by atoms with Crippen molar-refractivity contribution in [1.82, 2.24) is 5.32 Å². The average Bonchev–Trinajstić information content (AvgIpc) is 2.50. The van der Waals surface area contributed by atoms with E-state index >= 15 is 0 Å². The van der Waals surface area contributed by atoms with Gasteiger partial charge in [-0.3, -0.25) is 0 Å². The molecule has 0 aliphatic rings. The van der Waals surface area contributed by atoms with Crippen LogP contribution in [0.2, 0.25) is 0 Å². The van der Waals surface area contributed by atoms with Crippen LogP contribution in [0, 0.1) is 11.8 Å². The van der Waals surface area contributed by atoms with Crippen LogP contribution >= 0.6 is 0 Å². The van der Waals surface area contributed by atoms with E-state index in [4.69, 9.17) is 14.6 Å². The molecule has 0 aliphatic carbocycles. The van der Waals surface area contributed by atoms with Crippen molar-refractivity contribution in [3.05, 3.63) is 29.8 Å². The van der Waals surface area contributed by atoms with Crippen LogP contribution in [0.15, 0.2) is 24.3 Å². The number of alkyl carbamates (subject to hydrolysis) is 1. The van der Waals surface area contributed by atoms with E-state index in [0.29, 0.717) is 17.7 Å². The van der Waals surface area contributed by atoms with Gasteiger partial charge in [-0.2, -0.15) is 0 Å². The number of carbonyl (C=O) groups excluding carboxylic acids is 1. The van der Waals surface area contributed by atoms with E-state index in [2.05, 4.69) is 17.2 Å². The van der Waals surface area contributed by atoms with Gasteiger partial charge in [-0.1, -0.05) is 30.9 Å². The Morgan fingerprint density at radius 2 is 2.00 bits per heavy atom. The van der Waals surface area contributed by atoms with Gasteiger partial charge in [0.05, 0.1) is 18.2 Å². The Morgan fingerprint density at radius 1 is 1.33 bits per heavy atom. The van der Waals surface area contributed by atoms with E-state index in [1.807, 2.05) is 45.9 Å². The van der Waals surface area contributed by atoms with Gasteiger partial charge in [0, 0.05) is 0 Å². The molecule has 2 atom stereocenters. The number of hydrogen-bond acceptors (Lipinski definition) is 4. The van der Waals surface area contributed by atoms with Crippen molar-refractivity contribution in [3.8, 4) is 17.6 Å². The summed E-state index contributed by atoms with van der Waals surface area (Å²) >= 11 is 0. The molecule has 0 bridgehead atoms. The Morgan fingerprint density at radius 3 is 2.58 bits per heavy atom. The van der Waals surface area contributed by atoms with Crippen molar-refractivity contribution in [1.29, 1.82) is 0 Å². The summed E-state index contributed by atoms with van der Waals surface area (Å²) in [5, 5.41) is 11.9. The number of carbonyl (C=O) groups is 1. The normalized spacial score (nSPS) is 13.2. The average molecular weight is 333 g/mol. The molecule has 132 valence electrons. The minimum absolute atomic E-state index is 0.0699. The van der Waals surface area contributed by atoms with Crippen LogP contribution in [0.5, 0.6) is 5.75 Å². The molecule has 0 unspecified atom stereocenters. The highest BCUT2D eigenvalue weighted by atomic mass is 16.6. The molecule has 1 amide bonds. The summed E-state index contributed by atoms with van der Waals surface area (Å²) < 4.78 is 10.9. The summed E-state index contributed by atoms with van der Waals surface area (Å²) in [5.41, 5.74) is 0.165. The van der Waals surface area contributed by atoms with Crippen LogP contribution < -0.4 is 10.1 Å². The van der Waals surface area contributed by atoms with E-state index < -0.39 is 11.7 Å². The lowest BCUT2D eigenvalue weighted by Crippen LogP contribution is -2.38. The standard InChI is InChI=1S/C19H27NO4/c1-6-16(20-18(22)24-19(3,4)5)12-11-15-9-7-8-10-17(15)23-14(2)13-21/h7-10,14,16,21H,6,13H2,1-5H3,(H,20,22)/t14-,16+/m0/s1. The molecule has 0 aliphatic heterocycles. The monoisotopic (exact) mass is 333 g/mol. The first-order valence-corrected chi connectivity index (χ1v) is 8.12. The molecule has 1 aromatic rings. The second-order valence-corrected chi connectivity index (χ2v) is 6.48. The lowest BCUT2D eigenvalue weighted by Gasteiger charge is -2.21. The van der Waals surface area contributed by atoms with E-state index in [1.165, 1.54) is 0 Å². The maximum absolute atomic E-state index is 11.8. The second kappa shape index (κ2) is 9.19. The first kappa shape index (κ1) is 19.9. The zero-order valence-electron chi connectivity index (χ0n) is 15.1. The van der Waals surface area contributed by atoms with Crippen molar-refractivity contribution in [2.24, 2.45) is 0 Å². The maximum Gasteiger partial charge on any atom is 0.408 e. The highest BCUT2D eigenvalue weighted by Gasteiger charge is 2.17. The number of aliphatic hydroxyl groups excluding tert-OH is 1. The number of benzene rings is 1. The first-order valence-electron chi connectivity index (χ1n) is 8.12. The van der Waals surface area contributed by atoms with Crippen LogP contribution in [-0.2, 0) is 4.74 Å². The smallest absolute Gasteiger partial charge is 0.408 e. The Balaban J connectivity index is 2.82. The van der Waals surface area contributed by atoms with Crippen LogP contribution in [0.4, 0.5) is 4.79 Å². The summed E-state index contributed by atoms with van der Waals surface area (Å²) in [4.78, 5) is 11.8. The van der Waals surface area contributed by atoms with E-state index in [1.54, 1.807) is 13.0 Å². The fourth-order valence-electron chi connectivity index (χ4n) is 1.78. The molecule has 0 saturated heterocycles. The minimum Gasteiger partial charge on any atom is -0.487 e. The Kier molecular flexibility index (Phi) is 7.60. The number of amides is 1. The second-order valence-electron chi connectivity index (χ2n) is 6.48. The third-order valence-electron chi connectivity index (χ3n) is 2.95. The van der Waals surface area contributed by atoms with Crippen molar-refractivity contribution in [3.63, 3.8) is 0 Å². The fourth-order valence-corrected chi connectivity index (χ4v) is 1.78. The Labute approximate surface area is 144 Å². The van der Waals surface area contributed by atoms with Gasteiger partial charge in [0.1, 0.15) is 17.5 Å². The number of para-hydroxylation sites is 1. The zero-order valence-corrected chi connectivity index (χ0v) is 15.1. The van der Waals surface area contributed by atoms with Crippen molar-refractivity contribution < 1.29 is 19.4 Å². The van der Waals surface area contributed by atoms with E-state index in [0.717, 1.165) is 0 Å². The number of aliphatic hydroxyl groups is 1. The van der Waals surface area contributed by atoms with Gasteiger partial charge < -0.3 is 19.9 Å². The number of nitrogens with one attached hydrogen (secondary N) is 1. The number of hydrogen-bond donors (Lipinski definition) is 2. The Bertz CT molecular complexity index is 595. The zero-order chi connectivity index (χ0) is 18.2. The van der Waals surface area contributed by atoms with E-state index in [9.17, 15) is 4.79 Å². The summed E-state index contributed by atoms with van der Waals surface area (Å²) in [7, 11) is 0. The molecule has 0 spiro atoms. The van der Waals surface area contributed by atoms with Crippen LogP contribution in [0.1, 0.15) is 46.6 Å². The molecule has 1 aromatic carbocycles. The molecular weight excluding hydrogens is 306 g/mol. The van der Waals surface area contributed by atoms with Gasteiger partial charge in [-0.05, 0) is 46.2 Å². The quantitative estimate of drug-likeness (QED) is 0.813. The molecule has 2 N–H and O–H groups in total. The number of rotatable bonds is 5. The first-order chi connectivity index (χ1) is 11.2. The number of ether oxygens (including phenoxy) is 2. The van der Waals surface area contributed by atoms with E-state index in [-0.39, 0.29) is 18.8 Å². The van der Waals surface area contributed by atoms with Crippen LogP contribution in [0.3, 0.4) is 0 Å². The maximum atomic E-state index is 11.8. The van der Waals surface area contributed by atoms with Crippen LogP contribution in [0.25, 0.3) is 0 Å². The fraction of sp³-hybridized carbons (Fsp3) is 0.526. The van der Waals surface area contributed by atoms with Gasteiger partial charge in [0.2, 0.25) is 0 Å². The molecule has 1 rings (SSSR count). The largest absolute Gasteiger partial charge is 0.487 e. The van der Waals surface area contributed by atoms with Crippen molar-refractivity contribution in [2.75, 3.05) is 6.61 Å². The van der Waals surface area contributed by atoms with Gasteiger partial charge in [-0.15, -0.1) is 0 Å². The summed E-state index contributed by atoms with van der Waals surface area (Å²) in [6.45, 7) is 9.09. The SMILES string of the molecule is CC[C@H](C#Cc1ccccc1O[C@@H](C)CO)NC(=O)OC(C)(C)C. The third-order valence-corrected chi connectivity index (χ3v) is 2.95. The predicted octanol–water partition coefficient (Wildman–Crippen LogP) is 3.10. The van der Waals surface area contributed by atoms with Gasteiger partial charge >= 0.3 is 6.09 Å². The molecule has 0 fully saturated rings. The highest BCUT2D eigenvalue weighted by Crippen LogP contribution is 2.18. The molecule has 0 heterocycles. The molecule has 0 radical (unpaired) electrons. The van der Waals surface area contributed by atoms with Gasteiger partial charge in [-0.25, -0.2) is 4.79 Å². The molecule has 24 heavy (non-hydrogen) atoms. The van der Waals surface area contributed by atoms with Gasteiger partial charge in [0.25, 0.3) is 0 Å². The topological polar surface area (TPSA) is 67.8 Å². The molecule has 5 nitrogen and oxygen atoms in total. The highest BCUT2D eigenvalue weighted by molar-refractivity contribution is 5.68. The molecular formula is C19H27NO4. The minimum atomic E-state index is -0.545. The van der Waals surface area contributed by atoms with Crippen molar-refractivity contribution >= 4 is 6.09 Å². The van der Waals surface area contributed by atoms with Gasteiger partial charge in [0.15, 0.2) is 0 Å². The summed E-state index contributed by atoms with van der Waals surface area (Å²) in [6.07, 6.45) is -0.139. The molecule has 0 aromatic heterocycles.